The van der Waals surface area contributed by atoms with E-state index in [-0.39, 0.29) is 12.8 Å². The van der Waals surface area contributed by atoms with Gasteiger partial charge in [0.1, 0.15) is 0 Å². The average molecular weight is 294 g/mol. The quantitative estimate of drug-likeness (QED) is 0.556. The first-order valence-electron chi connectivity index (χ1n) is 6.19. The molecule has 1 nitrogen and oxygen atoms in total. The molecule has 0 aromatic carbocycles. The lowest BCUT2D eigenvalue weighted by molar-refractivity contribution is -0.383. The molecule has 1 atom stereocenters. The van der Waals surface area contributed by atoms with Crippen molar-refractivity contribution in [1.82, 2.24) is 0 Å². The Morgan fingerprint density at radius 3 is 1.47 bits per heavy atom. The monoisotopic (exact) mass is 294 g/mol. The maximum Gasteiger partial charge on any atom is 0.426 e. The Hall–Kier alpha value is -0.460. The van der Waals surface area contributed by atoms with Crippen molar-refractivity contribution in [3.05, 3.63) is 0 Å². The second kappa shape index (κ2) is 6.33. The summed E-state index contributed by atoms with van der Waals surface area (Å²) in [6, 6.07) is 0. The van der Waals surface area contributed by atoms with Crippen molar-refractivity contribution in [1.29, 1.82) is 0 Å². The largest absolute Gasteiger partial charge is 0.426 e. The second-order valence-electron chi connectivity index (χ2n) is 5.34. The maximum atomic E-state index is 12.5. The highest BCUT2D eigenvalue weighted by Crippen LogP contribution is 2.48. The molecule has 0 aliphatic heterocycles. The zero-order chi connectivity index (χ0) is 15.5. The second-order valence-corrected chi connectivity index (χ2v) is 5.34. The number of rotatable bonds is 6. The maximum absolute atomic E-state index is 12.5. The molecule has 0 aromatic rings. The van der Waals surface area contributed by atoms with Crippen LogP contribution in [0.4, 0.5) is 26.3 Å². The first kappa shape index (κ1) is 18.5. The van der Waals surface area contributed by atoms with Gasteiger partial charge in [-0.05, 0) is 12.3 Å². The van der Waals surface area contributed by atoms with Crippen molar-refractivity contribution in [3.63, 3.8) is 0 Å². The van der Waals surface area contributed by atoms with Crippen LogP contribution in [-0.2, 0) is 0 Å². The zero-order valence-corrected chi connectivity index (χ0v) is 11.2. The van der Waals surface area contributed by atoms with Crippen molar-refractivity contribution in [2.75, 3.05) is 0 Å². The van der Waals surface area contributed by atoms with Crippen LogP contribution in [0.2, 0.25) is 0 Å². The molecule has 116 valence electrons. The molecule has 0 bridgehead atoms. The van der Waals surface area contributed by atoms with Gasteiger partial charge in [0.2, 0.25) is 0 Å². The SMILES string of the molecule is CC(C)CCCCC(C)C(O)(C(F)(F)F)C(F)(F)F. The molecule has 0 saturated carbocycles. The third kappa shape index (κ3) is 4.54. The summed E-state index contributed by atoms with van der Waals surface area (Å²) in [5, 5.41) is 9.11. The highest BCUT2D eigenvalue weighted by Gasteiger charge is 2.72. The highest BCUT2D eigenvalue weighted by atomic mass is 19.4. The molecule has 0 fully saturated rings. The van der Waals surface area contributed by atoms with Gasteiger partial charge in [0.25, 0.3) is 5.60 Å². The predicted octanol–water partition coefficient (Wildman–Crippen LogP) is 4.69. The minimum absolute atomic E-state index is 0.230. The lowest BCUT2D eigenvalue weighted by Gasteiger charge is -2.37. The summed E-state index contributed by atoms with van der Waals surface area (Å²) >= 11 is 0. The molecule has 0 aliphatic rings. The van der Waals surface area contributed by atoms with Crippen LogP contribution in [-0.4, -0.2) is 23.1 Å². The van der Waals surface area contributed by atoms with E-state index in [4.69, 9.17) is 5.11 Å². The number of halogens is 6. The van der Waals surface area contributed by atoms with Gasteiger partial charge in [-0.3, -0.25) is 0 Å². The summed E-state index contributed by atoms with van der Waals surface area (Å²) in [6.45, 7) is 4.63. The Kier molecular flexibility index (Phi) is 6.17. The van der Waals surface area contributed by atoms with E-state index in [0.29, 0.717) is 12.3 Å². The van der Waals surface area contributed by atoms with Crippen LogP contribution in [0, 0.1) is 11.8 Å². The highest BCUT2D eigenvalue weighted by molar-refractivity contribution is 4.97. The van der Waals surface area contributed by atoms with Gasteiger partial charge in [-0.1, -0.05) is 40.0 Å². The first-order valence-corrected chi connectivity index (χ1v) is 6.19. The van der Waals surface area contributed by atoms with Gasteiger partial charge in [-0.25, -0.2) is 0 Å². The van der Waals surface area contributed by atoms with E-state index in [1.807, 2.05) is 13.8 Å². The van der Waals surface area contributed by atoms with E-state index in [1.54, 1.807) is 0 Å². The van der Waals surface area contributed by atoms with Gasteiger partial charge in [-0.2, -0.15) is 26.3 Å². The van der Waals surface area contributed by atoms with Crippen LogP contribution in [0.5, 0.6) is 0 Å². The number of hydrogen-bond acceptors (Lipinski definition) is 1. The summed E-state index contributed by atoms with van der Waals surface area (Å²) < 4.78 is 75.1. The molecule has 19 heavy (non-hydrogen) atoms. The minimum atomic E-state index is -5.72. The Morgan fingerprint density at radius 2 is 1.16 bits per heavy atom. The van der Waals surface area contributed by atoms with Crippen LogP contribution < -0.4 is 0 Å². The zero-order valence-electron chi connectivity index (χ0n) is 11.2. The molecule has 0 radical (unpaired) electrons. The molecule has 0 spiro atoms. The van der Waals surface area contributed by atoms with Gasteiger partial charge in [0.15, 0.2) is 0 Å². The van der Waals surface area contributed by atoms with Gasteiger partial charge >= 0.3 is 12.4 Å². The normalized spacial score (nSPS) is 15.9. The van der Waals surface area contributed by atoms with Crippen molar-refractivity contribution in [2.24, 2.45) is 11.8 Å². The smallest absolute Gasteiger partial charge is 0.373 e. The van der Waals surface area contributed by atoms with Gasteiger partial charge in [0, 0.05) is 5.92 Å². The topological polar surface area (TPSA) is 20.2 Å². The van der Waals surface area contributed by atoms with E-state index in [2.05, 4.69) is 0 Å². The van der Waals surface area contributed by atoms with E-state index in [9.17, 15) is 26.3 Å². The molecule has 1 N–H and O–H groups in total. The fraction of sp³-hybridized carbons (Fsp3) is 1.00. The molecule has 1 unspecified atom stereocenters. The van der Waals surface area contributed by atoms with E-state index in [1.165, 1.54) is 0 Å². The molecule has 0 heterocycles. The van der Waals surface area contributed by atoms with Crippen LogP contribution >= 0.6 is 0 Å². The van der Waals surface area contributed by atoms with Crippen molar-refractivity contribution < 1.29 is 31.4 Å². The van der Waals surface area contributed by atoms with E-state index >= 15 is 0 Å². The molecule has 0 aliphatic carbocycles. The summed E-state index contributed by atoms with van der Waals surface area (Å²) in [5.41, 5.74) is -4.63. The summed E-state index contributed by atoms with van der Waals surface area (Å²) in [6.07, 6.45) is -10.2. The van der Waals surface area contributed by atoms with Gasteiger partial charge in [-0.15, -0.1) is 0 Å². The summed E-state index contributed by atoms with van der Waals surface area (Å²) in [5.74, 6) is -1.57. The van der Waals surface area contributed by atoms with Crippen LogP contribution in [0.25, 0.3) is 0 Å². The molecule has 0 amide bonds. The number of hydrogen-bond donors (Lipinski definition) is 1. The molecule has 0 aromatic heterocycles. The number of aliphatic hydroxyl groups is 1. The van der Waals surface area contributed by atoms with Crippen LogP contribution in [0.1, 0.15) is 46.5 Å². The molecule has 0 rings (SSSR count). The van der Waals surface area contributed by atoms with Gasteiger partial charge < -0.3 is 5.11 Å². The molecular formula is C12H20F6O. The number of alkyl halides is 6. The van der Waals surface area contributed by atoms with Crippen LogP contribution in [0.15, 0.2) is 0 Å². The van der Waals surface area contributed by atoms with E-state index in [0.717, 1.165) is 13.3 Å². The number of unbranched alkanes of at least 4 members (excludes halogenated alkanes) is 1. The predicted molar refractivity (Wildman–Crippen MR) is 59.5 cm³/mol. The van der Waals surface area contributed by atoms with Gasteiger partial charge in [0.05, 0.1) is 0 Å². The Bertz CT molecular complexity index is 254. The Morgan fingerprint density at radius 1 is 0.789 bits per heavy atom. The summed E-state index contributed by atoms with van der Waals surface area (Å²) in [4.78, 5) is 0. The fourth-order valence-corrected chi connectivity index (χ4v) is 1.93. The third-order valence-electron chi connectivity index (χ3n) is 3.25. The lowest BCUT2D eigenvalue weighted by atomic mass is 9.83. The van der Waals surface area contributed by atoms with Crippen molar-refractivity contribution >= 4 is 0 Å². The standard InChI is InChI=1S/C12H20F6O/c1-8(2)6-4-5-7-9(3)10(19,11(13,14)15)12(16,17)18/h8-9,19H,4-7H2,1-3H3. The average Bonchev–Trinajstić information content (AvgIpc) is 2.19. The molecule has 7 heteroatoms. The minimum Gasteiger partial charge on any atom is -0.373 e. The molecule has 0 saturated heterocycles. The first-order chi connectivity index (χ1) is 8.34. The van der Waals surface area contributed by atoms with Crippen molar-refractivity contribution in [2.45, 2.75) is 64.4 Å². The van der Waals surface area contributed by atoms with Crippen LogP contribution in [0.3, 0.4) is 0 Å². The Labute approximate surface area is 109 Å². The lowest BCUT2D eigenvalue weighted by Crippen LogP contribution is -2.61. The van der Waals surface area contributed by atoms with E-state index < -0.39 is 23.9 Å². The fourth-order valence-electron chi connectivity index (χ4n) is 1.93. The molecular weight excluding hydrogens is 274 g/mol. The van der Waals surface area contributed by atoms with Crippen molar-refractivity contribution in [3.8, 4) is 0 Å². The Balaban J connectivity index is 4.73. The summed E-state index contributed by atoms with van der Waals surface area (Å²) in [7, 11) is 0. The third-order valence-corrected chi connectivity index (χ3v) is 3.25.